The molecule has 0 spiro atoms. The summed E-state index contributed by atoms with van der Waals surface area (Å²) in [6.45, 7) is 8.70. The zero-order valence-electron chi connectivity index (χ0n) is 15.4. The van der Waals surface area contributed by atoms with Crippen molar-refractivity contribution in [1.29, 1.82) is 0 Å². The van der Waals surface area contributed by atoms with Crippen LogP contribution in [0.1, 0.15) is 43.9 Å². The van der Waals surface area contributed by atoms with Crippen molar-refractivity contribution in [2.24, 2.45) is 0 Å². The van der Waals surface area contributed by atoms with Gasteiger partial charge in [0.05, 0.1) is 12.2 Å². The van der Waals surface area contributed by atoms with Crippen LogP contribution < -0.4 is 14.2 Å². The molecular formula is C21H26O4. The second-order valence-electron chi connectivity index (χ2n) is 5.72. The molecule has 0 bridgehead atoms. The van der Waals surface area contributed by atoms with E-state index in [4.69, 9.17) is 14.2 Å². The van der Waals surface area contributed by atoms with E-state index in [1.807, 2.05) is 31.2 Å². The van der Waals surface area contributed by atoms with Crippen molar-refractivity contribution in [3.8, 4) is 17.2 Å². The summed E-state index contributed by atoms with van der Waals surface area (Å²) in [7, 11) is 0. The molecule has 0 atom stereocenters. The molecule has 2 rings (SSSR count). The normalized spacial score (nSPS) is 10.4. The maximum Gasteiger partial charge on any atom is 0.310 e. The molecular weight excluding hydrogens is 316 g/mol. The number of aryl methyl sites for hydroxylation is 2. The summed E-state index contributed by atoms with van der Waals surface area (Å²) >= 11 is 0. The minimum Gasteiger partial charge on any atom is -0.493 e. The Labute approximate surface area is 149 Å². The van der Waals surface area contributed by atoms with E-state index in [1.165, 1.54) is 11.1 Å². The van der Waals surface area contributed by atoms with Gasteiger partial charge < -0.3 is 14.2 Å². The SMILES string of the molecule is CCOc1cccc(OC(=O)CC)c1COc1ccc(CC)c(C)c1. The highest BCUT2D eigenvalue weighted by molar-refractivity contribution is 5.72. The van der Waals surface area contributed by atoms with Gasteiger partial charge in [0.2, 0.25) is 0 Å². The molecule has 4 nitrogen and oxygen atoms in total. The van der Waals surface area contributed by atoms with Crippen LogP contribution in [-0.4, -0.2) is 12.6 Å². The first kappa shape index (κ1) is 18.8. The summed E-state index contributed by atoms with van der Waals surface area (Å²) in [5.41, 5.74) is 3.25. The van der Waals surface area contributed by atoms with Crippen molar-refractivity contribution >= 4 is 5.97 Å². The highest BCUT2D eigenvalue weighted by Crippen LogP contribution is 2.31. The molecule has 0 saturated heterocycles. The average molecular weight is 342 g/mol. The standard InChI is InChI=1S/C21H26O4/c1-5-16-11-12-17(13-15(16)4)24-14-18-19(23-7-3)9-8-10-20(18)25-21(22)6-2/h8-13H,5-7,14H2,1-4H3. The van der Waals surface area contributed by atoms with Crippen LogP contribution in [0.25, 0.3) is 0 Å². The van der Waals surface area contributed by atoms with Gasteiger partial charge in [-0.15, -0.1) is 0 Å². The Hall–Kier alpha value is -2.49. The van der Waals surface area contributed by atoms with Gasteiger partial charge in [-0.25, -0.2) is 0 Å². The summed E-state index contributed by atoms with van der Waals surface area (Å²) in [6.07, 6.45) is 1.31. The second kappa shape index (κ2) is 9.11. The highest BCUT2D eigenvalue weighted by Gasteiger charge is 2.14. The van der Waals surface area contributed by atoms with Crippen LogP contribution in [0.5, 0.6) is 17.2 Å². The molecule has 0 N–H and O–H groups in total. The molecule has 0 aromatic heterocycles. The first-order valence-corrected chi connectivity index (χ1v) is 8.76. The topological polar surface area (TPSA) is 44.8 Å². The maximum absolute atomic E-state index is 11.7. The predicted molar refractivity (Wildman–Crippen MR) is 98.4 cm³/mol. The van der Waals surface area contributed by atoms with Crippen molar-refractivity contribution in [2.45, 2.75) is 47.1 Å². The average Bonchev–Trinajstić information content (AvgIpc) is 2.61. The summed E-state index contributed by atoms with van der Waals surface area (Å²) in [6, 6.07) is 11.5. The Bertz CT molecular complexity index is 722. The summed E-state index contributed by atoms with van der Waals surface area (Å²) in [5.74, 6) is 1.66. The van der Waals surface area contributed by atoms with Gasteiger partial charge in [0.15, 0.2) is 0 Å². The minimum absolute atomic E-state index is 0.271. The molecule has 0 unspecified atom stereocenters. The van der Waals surface area contributed by atoms with E-state index in [9.17, 15) is 4.79 Å². The molecule has 0 heterocycles. The van der Waals surface area contributed by atoms with E-state index in [1.54, 1.807) is 13.0 Å². The number of ether oxygens (including phenoxy) is 3. The third-order valence-corrected chi connectivity index (χ3v) is 3.98. The van der Waals surface area contributed by atoms with Crippen LogP contribution in [-0.2, 0) is 17.8 Å². The second-order valence-corrected chi connectivity index (χ2v) is 5.72. The molecule has 0 saturated carbocycles. The number of carbonyl (C=O) groups is 1. The van der Waals surface area contributed by atoms with E-state index in [-0.39, 0.29) is 12.6 Å². The molecule has 2 aromatic carbocycles. The molecule has 134 valence electrons. The summed E-state index contributed by atoms with van der Waals surface area (Å²) in [4.78, 5) is 11.7. The van der Waals surface area contributed by atoms with E-state index in [2.05, 4.69) is 19.9 Å². The fourth-order valence-electron chi connectivity index (χ4n) is 2.58. The van der Waals surface area contributed by atoms with Gasteiger partial charge in [0, 0.05) is 6.42 Å². The number of hydrogen-bond donors (Lipinski definition) is 0. The molecule has 0 amide bonds. The fraction of sp³-hybridized carbons (Fsp3) is 0.381. The molecule has 0 aliphatic rings. The Morgan fingerprint density at radius 2 is 1.76 bits per heavy atom. The number of carbonyl (C=O) groups excluding carboxylic acids is 1. The van der Waals surface area contributed by atoms with E-state index >= 15 is 0 Å². The number of rotatable bonds is 8. The largest absolute Gasteiger partial charge is 0.493 e. The van der Waals surface area contributed by atoms with Crippen molar-refractivity contribution in [1.82, 2.24) is 0 Å². The number of benzene rings is 2. The molecule has 0 aliphatic carbocycles. The number of esters is 1. The zero-order valence-corrected chi connectivity index (χ0v) is 15.4. The smallest absolute Gasteiger partial charge is 0.310 e. The lowest BCUT2D eigenvalue weighted by Gasteiger charge is -2.16. The number of hydrogen-bond acceptors (Lipinski definition) is 4. The van der Waals surface area contributed by atoms with Gasteiger partial charge in [-0.1, -0.05) is 26.0 Å². The Balaban J connectivity index is 2.23. The van der Waals surface area contributed by atoms with Gasteiger partial charge in [-0.3, -0.25) is 4.79 Å². The monoisotopic (exact) mass is 342 g/mol. The first-order chi connectivity index (χ1) is 12.1. The van der Waals surface area contributed by atoms with Crippen LogP contribution in [0.2, 0.25) is 0 Å². The Kier molecular flexibility index (Phi) is 6.87. The highest BCUT2D eigenvalue weighted by atomic mass is 16.5. The predicted octanol–water partition coefficient (Wildman–Crippen LogP) is 4.85. The molecule has 0 fully saturated rings. The van der Waals surface area contributed by atoms with E-state index in [0.29, 0.717) is 24.5 Å². The van der Waals surface area contributed by atoms with Crippen molar-refractivity contribution in [3.05, 3.63) is 53.1 Å². The van der Waals surface area contributed by atoms with Gasteiger partial charge in [0.25, 0.3) is 0 Å². The van der Waals surface area contributed by atoms with Crippen LogP contribution in [0.4, 0.5) is 0 Å². The van der Waals surface area contributed by atoms with Crippen LogP contribution >= 0.6 is 0 Å². The molecule has 0 aliphatic heterocycles. The molecule has 25 heavy (non-hydrogen) atoms. The Morgan fingerprint density at radius 1 is 1.00 bits per heavy atom. The van der Waals surface area contributed by atoms with Gasteiger partial charge >= 0.3 is 5.97 Å². The first-order valence-electron chi connectivity index (χ1n) is 8.76. The van der Waals surface area contributed by atoms with E-state index < -0.39 is 0 Å². The van der Waals surface area contributed by atoms with Crippen LogP contribution in [0.3, 0.4) is 0 Å². The quantitative estimate of drug-likeness (QED) is 0.508. The van der Waals surface area contributed by atoms with Crippen molar-refractivity contribution < 1.29 is 19.0 Å². The van der Waals surface area contributed by atoms with Crippen LogP contribution in [0, 0.1) is 6.92 Å². The van der Waals surface area contributed by atoms with Crippen LogP contribution in [0.15, 0.2) is 36.4 Å². The summed E-state index contributed by atoms with van der Waals surface area (Å²) in [5, 5.41) is 0. The lowest BCUT2D eigenvalue weighted by molar-refractivity contribution is -0.134. The van der Waals surface area contributed by atoms with Crippen molar-refractivity contribution in [3.63, 3.8) is 0 Å². The third-order valence-electron chi connectivity index (χ3n) is 3.98. The molecule has 0 radical (unpaired) electrons. The lowest BCUT2D eigenvalue weighted by Crippen LogP contribution is -2.10. The Morgan fingerprint density at radius 3 is 2.40 bits per heavy atom. The van der Waals surface area contributed by atoms with Crippen molar-refractivity contribution in [2.75, 3.05) is 6.61 Å². The minimum atomic E-state index is -0.280. The third kappa shape index (κ3) is 4.99. The lowest BCUT2D eigenvalue weighted by atomic mass is 10.1. The van der Waals surface area contributed by atoms with E-state index in [0.717, 1.165) is 17.7 Å². The van der Waals surface area contributed by atoms with Gasteiger partial charge in [0.1, 0.15) is 23.9 Å². The molecule has 4 heteroatoms. The summed E-state index contributed by atoms with van der Waals surface area (Å²) < 4.78 is 17.0. The van der Waals surface area contributed by atoms with Gasteiger partial charge in [-0.2, -0.15) is 0 Å². The maximum atomic E-state index is 11.7. The van der Waals surface area contributed by atoms with Gasteiger partial charge in [-0.05, 0) is 55.7 Å². The molecule has 2 aromatic rings. The zero-order chi connectivity index (χ0) is 18.2. The fourth-order valence-corrected chi connectivity index (χ4v) is 2.58.